The summed E-state index contributed by atoms with van der Waals surface area (Å²) in [5.41, 5.74) is 16.7. The van der Waals surface area contributed by atoms with Gasteiger partial charge in [0, 0.05) is 0 Å². The SMILES string of the molecule is C/C(=N\c1c(C)c(C)c(C)c(C)c1C)c1ccc(/C(C)=N/c2c(C)c(C)c(C)c(C)c2C)o1. The van der Waals surface area contributed by atoms with Gasteiger partial charge in [0.1, 0.15) is 11.5 Å². The highest BCUT2D eigenvalue weighted by Crippen LogP contribution is 2.34. The van der Waals surface area contributed by atoms with Crippen LogP contribution in [0.2, 0.25) is 0 Å². The zero-order chi connectivity index (χ0) is 24.8. The molecule has 0 fully saturated rings. The van der Waals surface area contributed by atoms with E-state index >= 15 is 0 Å². The topological polar surface area (TPSA) is 37.9 Å². The molecule has 0 amide bonds. The maximum atomic E-state index is 6.22. The zero-order valence-electron chi connectivity index (χ0n) is 22.5. The lowest BCUT2D eigenvalue weighted by Gasteiger charge is -2.16. The van der Waals surface area contributed by atoms with Crippen molar-refractivity contribution in [3.05, 3.63) is 79.3 Å². The standard InChI is InChI=1S/C30H38N2O/c1-15-17(3)21(7)29(22(8)18(15)4)31-25(11)27-13-14-28(33-27)26(12)32-30-23(9)19(5)16(2)20(6)24(30)10/h13-14H,1-12H3/b31-25+,32-26+. The second-order valence-electron chi connectivity index (χ2n) is 9.51. The lowest BCUT2D eigenvalue weighted by atomic mass is 9.93. The molecule has 0 bridgehead atoms. The van der Waals surface area contributed by atoms with Gasteiger partial charge in [0.05, 0.1) is 22.8 Å². The Hall–Kier alpha value is -2.94. The fourth-order valence-corrected chi connectivity index (χ4v) is 4.47. The summed E-state index contributed by atoms with van der Waals surface area (Å²) in [4.78, 5) is 9.98. The van der Waals surface area contributed by atoms with Crippen molar-refractivity contribution in [2.45, 2.75) is 83.1 Å². The number of hydrogen-bond donors (Lipinski definition) is 0. The Bertz CT molecular complexity index is 1160. The Morgan fingerprint density at radius 1 is 0.455 bits per heavy atom. The van der Waals surface area contributed by atoms with Crippen LogP contribution in [0.25, 0.3) is 0 Å². The summed E-state index contributed by atoms with van der Waals surface area (Å²) in [6.07, 6.45) is 0. The van der Waals surface area contributed by atoms with Crippen LogP contribution in [0.4, 0.5) is 11.4 Å². The van der Waals surface area contributed by atoms with Crippen molar-refractivity contribution in [1.82, 2.24) is 0 Å². The molecule has 1 heterocycles. The minimum Gasteiger partial charge on any atom is -0.454 e. The zero-order valence-corrected chi connectivity index (χ0v) is 22.5. The van der Waals surface area contributed by atoms with Gasteiger partial charge in [-0.1, -0.05) is 0 Å². The van der Waals surface area contributed by atoms with E-state index in [2.05, 4.69) is 69.2 Å². The van der Waals surface area contributed by atoms with Gasteiger partial charge in [-0.15, -0.1) is 0 Å². The molecule has 3 rings (SSSR count). The van der Waals surface area contributed by atoms with Crippen molar-refractivity contribution in [3.8, 4) is 0 Å². The van der Waals surface area contributed by atoms with Crippen molar-refractivity contribution in [2.24, 2.45) is 9.98 Å². The second-order valence-corrected chi connectivity index (χ2v) is 9.51. The molecule has 0 unspecified atom stereocenters. The lowest BCUT2D eigenvalue weighted by molar-refractivity contribution is 0.547. The van der Waals surface area contributed by atoms with E-state index in [0.29, 0.717) is 0 Å². The first-order chi connectivity index (χ1) is 15.4. The van der Waals surface area contributed by atoms with Gasteiger partial charge >= 0.3 is 0 Å². The van der Waals surface area contributed by atoms with E-state index in [4.69, 9.17) is 14.4 Å². The Labute approximate surface area is 199 Å². The highest BCUT2D eigenvalue weighted by Gasteiger charge is 2.15. The average Bonchev–Trinajstić information content (AvgIpc) is 3.30. The first-order valence-electron chi connectivity index (χ1n) is 11.7. The molecule has 1 aromatic heterocycles. The van der Waals surface area contributed by atoms with Crippen LogP contribution in [0, 0.1) is 69.2 Å². The van der Waals surface area contributed by atoms with Crippen LogP contribution in [0.5, 0.6) is 0 Å². The fraction of sp³-hybridized carbons (Fsp3) is 0.400. The number of aliphatic imine (C=N–C) groups is 2. The molecule has 2 aromatic carbocycles. The van der Waals surface area contributed by atoms with Gasteiger partial charge in [0.2, 0.25) is 0 Å². The normalized spacial score (nSPS) is 12.6. The molecular formula is C30H38N2O. The molecule has 3 nitrogen and oxygen atoms in total. The van der Waals surface area contributed by atoms with Crippen LogP contribution in [0.1, 0.15) is 81.0 Å². The van der Waals surface area contributed by atoms with Crippen molar-refractivity contribution in [2.75, 3.05) is 0 Å². The van der Waals surface area contributed by atoms with Crippen LogP contribution in [0.3, 0.4) is 0 Å². The van der Waals surface area contributed by atoms with E-state index < -0.39 is 0 Å². The highest BCUT2D eigenvalue weighted by atomic mass is 16.3. The van der Waals surface area contributed by atoms with Crippen LogP contribution in [0.15, 0.2) is 26.5 Å². The molecule has 33 heavy (non-hydrogen) atoms. The molecule has 0 aliphatic heterocycles. The van der Waals surface area contributed by atoms with Gasteiger partial charge in [-0.25, -0.2) is 9.98 Å². The minimum atomic E-state index is 0.777. The Kier molecular flexibility index (Phi) is 6.83. The maximum absolute atomic E-state index is 6.22. The van der Waals surface area contributed by atoms with Gasteiger partial charge in [0.25, 0.3) is 0 Å². The van der Waals surface area contributed by atoms with Gasteiger partial charge in [-0.05, 0) is 151 Å². The van der Waals surface area contributed by atoms with E-state index in [-0.39, 0.29) is 0 Å². The maximum Gasteiger partial charge on any atom is 0.148 e. The predicted molar refractivity (Wildman–Crippen MR) is 143 cm³/mol. The van der Waals surface area contributed by atoms with Gasteiger partial charge in [0.15, 0.2) is 0 Å². The molecule has 0 atom stereocenters. The third-order valence-electron chi connectivity index (χ3n) is 7.80. The molecule has 0 N–H and O–H groups in total. The minimum absolute atomic E-state index is 0.777. The Balaban J connectivity index is 2.02. The predicted octanol–water partition coefficient (Wildman–Crippen LogP) is 8.65. The summed E-state index contributed by atoms with van der Waals surface area (Å²) in [5, 5.41) is 0. The monoisotopic (exact) mass is 442 g/mol. The molecule has 174 valence electrons. The number of furan rings is 1. The van der Waals surface area contributed by atoms with Crippen molar-refractivity contribution in [3.63, 3.8) is 0 Å². The molecule has 0 aliphatic rings. The second kappa shape index (κ2) is 9.13. The fourth-order valence-electron chi connectivity index (χ4n) is 4.47. The number of nitrogens with zero attached hydrogens (tertiary/aromatic N) is 2. The van der Waals surface area contributed by atoms with Gasteiger partial charge in [-0.2, -0.15) is 0 Å². The molecule has 0 aliphatic carbocycles. The molecule has 3 aromatic rings. The third kappa shape index (κ3) is 4.34. The summed E-state index contributed by atoms with van der Waals surface area (Å²) in [6.45, 7) is 25.7. The number of benzene rings is 2. The van der Waals surface area contributed by atoms with Crippen molar-refractivity contribution in [1.29, 1.82) is 0 Å². The van der Waals surface area contributed by atoms with Crippen LogP contribution in [-0.4, -0.2) is 11.4 Å². The van der Waals surface area contributed by atoms with E-state index in [1.807, 2.05) is 26.0 Å². The summed E-state index contributed by atoms with van der Waals surface area (Å²) >= 11 is 0. The summed E-state index contributed by atoms with van der Waals surface area (Å²) in [5.74, 6) is 1.55. The Morgan fingerprint density at radius 2 is 0.697 bits per heavy atom. The van der Waals surface area contributed by atoms with Crippen LogP contribution in [-0.2, 0) is 0 Å². The van der Waals surface area contributed by atoms with E-state index in [0.717, 1.165) is 34.3 Å². The van der Waals surface area contributed by atoms with E-state index in [1.54, 1.807) is 0 Å². The molecular weight excluding hydrogens is 404 g/mol. The van der Waals surface area contributed by atoms with Gasteiger partial charge < -0.3 is 4.42 Å². The molecule has 3 heteroatoms. The molecule has 0 saturated heterocycles. The van der Waals surface area contributed by atoms with Crippen LogP contribution < -0.4 is 0 Å². The lowest BCUT2D eigenvalue weighted by Crippen LogP contribution is -1.99. The van der Waals surface area contributed by atoms with Crippen molar-refractivity contribution >= 4 is 22.8 Å². The largest absolute Gasteiger partial charge is 0.454 e. The first kappa shape index (κ1) is 24.7. The average molecular weight is 443 g/mol. The summed E-state index contributed by atoms with van der Waals surface area (Å²) < 4.78 is 6.22. The van der Waals surface area contributed by atoms with E-state index in [1.165, 1.54) is 55.6 Å². The van der Waals surface area contributed by atoms with Gasteiger partial charge in [-0.3, -0.25) is 0 Å². The molecule has 0 saturated carbocycles. The third-order valence-corrected chi connectivity index (χ3v) is 7.80. The van der Waals surface area contributed by atoms with E-state index in [9.17, 15) is 0 Å². The highest BCUT2D eigenvalue weighted by molar-refractivity contribution is 6.02. The van der Waals surface area contributed by atoms with Crippen LogP contribution >= 0.6 is 0 Å². The number of rotatable bonds is 4. The molecule has 0 radical (unpaired) electrons. The van der Waals surface area contributed by atoms with Crippen molar-refractivity contribution < 1.29 is 4.42 Å². The first-order valence-corrected chi connectivity index (χ1v) is 11.7. The molecule has 0 spiro atoms. The Morgan fingerprint density at radius 3 is 0.970 bits per heavy atom. The summed E-state index contributed by atoms with van der Waals surface area (Å²) in [6, 6.07) is 3.99. The summed E-state index contributed by atoms with van der Waals surface area (Å²) in [7, 11) is 0. The quantitative estimate of drug-likeness (QED) is 0.372. The smallest absolute Gasteiger partial charge is 0.148 e. The number of hydrogen-bond acceptors (Lipinski definition) is 3.